The van der Waals surface area contributed by atoms with Crippen LogP contribution in [-0.2, 0) is 20.7 Å². The van der Waals surface area contributed by atoms with Crippen LogP contribution in [0.3, 0.4) is 0 Å². The van der Waals surface area contributed by atoms with Gasteiger partial charge in [-0.1, -0.05) is 54.6 Å². The SMILES string of the molecule is CC(=O)Oc1ccc(-c2cccc(C(=O)OCC(=O)NC(C)CCc3ccccc3)c2)cc1. The fourth-order valence-corrected chi connectivity index (χ4v) is 3.34. The third-order valence-electron chi connectivity index (χ3n) is 5.00. The minimum absolute atomic E-state index is 0.0327. The maximum absolute atomic E-state index is 12.4. The molecule has 6 heteroatoms. The number of carbonyl (C=O) groups excluding carboxylic acids is 3. The number of benzene rings is 3. The molecule has 3 aromatic rings. The Morgan fingerprint density at radius 3 is 2.30 bits per heavy atom. The van der Waals surface area contributed by atoms with Gasteiger partial charge in [0.15, 0.2) is 6.61 Å². The number of hydrogen-bond donors (Lipinski definition) is 1. The second-order valence-corrected chi connectivity index (χ2v) is 7.77. The molecule has 0 radical (unpaired) electrons. The molecule has 3 aromatic carbocycles. The van der Waals surface area contributed by atoms with E-state index in [1.807, 2.05) is 31.2 Å². The second kappa shape index (κ2) is 11.6. The van der Waals surface area contributed by atoms with Crippen LogP contribution in [0.25, 0.3) is 11.1 Å². The largest absolute Gasteiger partial charge is 0.452 e. The number of nitrogens with one attached hydrogen (secondary N) is 1. The highest BCUT2D eigenvalue weighted by Crippen LogP contribution is 2.23. The maximum atomic E-state index is 12.4. The summed E-state index contributed by atoms with van der Waals surface area (Å²) >= 11 is 0. The number of carbonyl (C=O) groups is 3. The summed E-state index contributed by atoms with van der Waals surface area (Å²) in [5.74, 6) is -0.838. The van der Waals surface area contributed by atoms with Crippen molar-refractivity contribution in [3.8, 4) is 16.9 Å². The van der Waals surface area contributed by atoms with E-state index in [1.165, 1.54) is 12.5 Å². The average Bonchev–Trinajstić information content (AvgIpc) is 2.82. The predicted molar refractivity (Wildman–Crippen MR) is 126 cm³/mol. The lowest BCUT2D eigenvalue weighted by Gasteiger charge is -2.14. The first-order valence-corrected chi connectivity index (χ1v) is 10.8. The average molecular weight is 446 g/mol. The van der Waals surface area contributed by atoms with Gasteiger partial charge in [-0.3, -0.25) is 9.59 Å². The molecule has 0 aliphatic rings. The van der Waals surface area contributed by atoms with Gasteiger partial charge in [0, 0.05) is 13.0 Å². The van der Waals surface area contributed by atoms with Gasteiger partial charge in [0.1, 0.15) is 5.75 Å². The second-order valence-electron chi connectivity index (χ2n) is 7.77. The molecule has 1 amide bonds. The van der Waals surface area contributed by atoms with Crippen LogP contribution in [0.1, 0.15) is 36.2 Å². The zero-order chi connectivity index (χ0) is 23.6. The molecule has 0 spiro atoms. The predicted octanol–water partition coefficient (Wildman–Crippen LogP) is 4.57. The lowest BCUT2D eigenvalue weighted by molar-refractivity contribution is -0.131. The number of rotatable bonds is 9. The van der Waals surface area contributed by atoms with E-state index < -0.39 is 5.97 Å². The summed E-state index contributed by atoms with van der Waals surface area (Å²) < 4.78 is 10.2. The molecule has 0 saturated carbocycles. The van der Waals surface area contributed by atoms with Crippen LogP contribution in [-0.4, -0.2) is 30.5 Å². The standard InChI is InChI=1S/C27H27NO5/c1-19(11-12-21-7-4-3-5-8-21)28-26(30)18-32-27(31)24-10-6-9-23(17-24)22-13-15-25(16-14-22)33-20(2)29/h3-10,13-17,19H,11-12,18H2,1-2H3,(H,28,30). The Kier molecular flexibility index (Phi) is 8.36. The van der Waals surface area contributed by atoms with Crippen molar-refractivity contribution in [2.75, 3.05) is 6.61 Å². The lowest BCUT2D eigenvalue weighted by Crippen LogP contribution is -2.36. The van der Waals surface area contributed by atoms with E-state index in [9.17, 15) is 14.4 Å². The first kappa shape index (κ1) is 23.7. The lowest BCUT2D eigenvalue weighted by atomic mass is 10.0. The maximum Gasteiger partial charge on any atom is 0.338 e. The molecule has 1 N–H and O–H groups in total. The van der Waals surface area contributed by atoms with E-state index >= 15 is 0 Å². The molecule has 1 atom stereocenters. The summed E-state index contributed by atoms with van der Waals surface area (Å²) in [7, 11) is 0. The van der Waals surface area contributed by atoms with Gasteiger partial charge >= 0.3 is 11.9 Å². The van der Waals surface area contributed by atoms with E-state index in [4.69, 9.17) is 9.47 Å². The molecule has 0 aromatic heterocycles. The molecular weight excluding hydrogens is 418 g/mol. The summed E-state index contributed by atoms with van der Waals surface area (Å²) in [4.78, 5) is 35.7. The Hall–Kier alpha value is -3.93. The molecule has 0 heterocycles. The summed E-state index contributed by atoms with van der Waals surface area (Å²) in [5.41, 5.74) is 3.22. The molecule has 33 heavy (non-hydrogen) atoms. The van der Waals surface area contributed by atoms with Gasteiger partial charge in [-0.25, -0.2) is 4.79 Å². The molecule has 0 aliphatic carbocycles. The van der Waals surface area contributed by atoms with Gasteiger partial charge < -0.3 is 14.8 Å². The van der Waals surface area contributed by atoms with Crippen molar-refractivity contribution in [2.24, 2.45) is 0 Å². The normalized spacial score (nSPS) is 11.3. The smallest absolute Gasteiger partial charge is 0.338 e. The van der Waals surface area contributed by atoms with Gasteiger partial charge in [0.05, 0.1) is 5.56 Å². The first-order chi connectivity index (χ1) is 15.9. The Labute approximate surface area is 193 Å². The first-order valence-electron chi connectivity index (χ1n) is 10.8. The van der Waals surface area contributed by atoms with Crippen LogP contribution in [0.5, 0.6) is 5.75 Å². The molecule has 1 unspecified atom stereocenters. The number of ether oxygens (including phenoxy) is 2. The highest BCUT2D eigenvalue weighted by molar-refractivity contribution is 5.92. The molecule has 0 aliphatic heterocycles. The summed E-state index contributed by atoms with van der Waals surface area (Å²) in [5, 5.41) is 2.86. The summed E-state index contributed by atoms with van der Waals surface area (Å²) in [6.07, 6.45) is 1.65. The van der Waals surface area contributed by atoms with Crippen molar-refractivity contribution >= 4 is 17.8 Å². The molecule has 0 saturated heterocycles. The van der Waals surface area contributed by atoms with Gasteiger partial charge in [-0.15, -0.1) is 0 Å². The van der Waals surface area contributed by atoms with Gasteiger partial charge in [0.25, 0.3) is 5.91 Å². The zero-order valence-electron chi connectivity index (χ0n) is 18.7. The van der Waals surface area contributed by atoms with Crippen molar-refractivity contribution in [1.29, 1.82) is 0 Å². The Morgan fingerprint density at radius 1 is 0.879 bits per heavy atom. The van der Waals surface area contributed by atoms with Crippen LogP contribution in [0.4, 0.5) is 0 Å². The van der Waals surface area contributed by atoms with E-state index in [0.29, 0.717) is 11.3 Å². The molecule has 170 valence electrons. The minimum Gasteiger partial charge on any atom is -0.452 e. The monoisotopic (exact) mass is 445 g/mol. The molecule has 3 rings (SSSR count). The quantitative estimate of drug-likeness (QED) is 0.385. The number of hydrogen-bond acceptors (Lipinski definition) is 5. The molecule has 6 nitrogen and oxygen atoms in total. The number of amides is 1. The van der Waals surface area contributed by atoms with E-state index in [1.54, 1.807) is 42.5 Å². The summed E-state index contributed by atoms with van der Waals surface area (Å²) in [6, 6.07) is 23.9. The molecule has 0 fully saturated rings. The van der Waals surface area contributed by atoms with Crippen molar-refractivity contribution in [3.05, 3.63) is 90.0 Å². The van der Waals surface area contributed by atoms with Crippen LogP contribution < -0.4 is 10.1 Å². The van der Waals surface area contributed by atoms with Crippen molar-refractivity contribution in [3.63, 3.8) is 0 Å². The van der Waals surface area contributed by atoms with Gasteiger partial charge in [-0.2, -0.15) is 0 Å². The summed E-state index contributed by atoms with van der Waals surface area (Å²) in [6.45, 7) is 2.93. The fraction of sp³-hybridized carbons (Fsp3) is 0.222. The fourth-order valence-electron chi connectivity index (χ4n) is 3.34. The van der Waals surface area contributed by atoms with Crippen molar-refractivity contribution in [2.45, 2.75) is 32.7 Å². The topological polar surface area (TPSA) is 81.7 Å². The Balaban J connectivity index is 1.50. The molecule has 0 bridgehead atoms. The highest BCUT2D eigenvalue weighted by Gasteiger charge is 2.13. The number of esters is 2. The van der Waals surface area contributed by atoms with E-state index in [-0.39, 0.29) is 24.5 Å². The van der Waals surface area contributed by atoms with Gasteiger partial charge in [-0.05, 0) is 60.7 Å². The van der Waals surface area contributed by atoms with Crippen LogP contribution in [0.15, 0.2) is 78.9 Å². The van der Waals surface area contributed by atoms with Crippen LogP contribution in [0, 0.1) is 0 Å². The van der Waals surface area contributed by atoms with Gasteiger partial charge in [0.2, 0.25) is 0 Å². The minimum atomic E-state index is -0.569. The highest BCUT2D eigenvalue weighted by atomic mass is 16.5. The third kappa shape index (κ3) is 7.61. The third-order valence-corrected chi connectivity index (χ3v) is 5.00. The Morgan fingerprint density at radius 2 is 1.61 bits per heavy atom. The molecular formula is C27H27NO5. The van der Waals surface area contributed by atoms with Crippen LogP contribution >= 0.6 is 0 Å². The van der Waals surface area contributed by atoms with Crippen LogP contribution in [0.2, 0.25) is 0 Å². The Bertz CT molecular complexity index is 1090. The van der Waals surface area contributed by atoms with Crippen molar-refractivity contribution < 1.29 is 23.9 Å². The van der Waals surface area contributed by atoms with Crippen molar-refractivity contribution in [1.82, 2.24) is 5.32 Å². The van der Waals surface area contributed by atoms with E-state index in [0.717, 1.165) is 24.0 Å². The zero-order valence-corrected chi connectivity index (χ0v) is 18.7. The number of aryl methyl sites for hydroxylation is 1. The van der Waals surface area contributed by atoms with E-state index in [2.05, 4.69) is 17.4 Å².